The maximum Gasteiger partial charge on any atom is 0.303 e. The molecule has 0 amide bonds. The first-order valence-electron chi connectivity index (χ1n) is 23.3. The highest BCUT2D eigenvalue weighted by atomic mass is 16.8. The first kappa shape index (κ1) is 43.5. The molecule has 13 nitrogen and oxygen atoms in total. The van der Waals surface area contributed by atoms with Gasteiger partial charge in [0.15, 0.2) is 23.1 Å². The van der Waals surface area contributed by atoms with Crippen LogP contribution in [0.15, 0.2) is 36.5 Å². The van der Waals surface area contributed by atoms with Crippen LogP contribution in [-0.4, -0.2) is 112 Å². The van der Waals surface area contributed by atoms with Crippen LogP contribution in [0, 0.1) is 35.5 Å². The van der Waals surface area contributed by atoms with Gasteiger partial charge in [0.1, 0.15) is 17.9 Å². The quantitative estimate of drug-likeness (QED) is 0.193. The van der Waals surface area contributed by atoms with E-state index in [0.717, 1.165) is 37.8 Å². The predicted molar refractivity (Wildman–Crippen MR) is 219 cm³/mol. The fraction of sp³-hybridized carbons (Fsp3) is 0.851. The summed E-state index contributed by atoms with van der Waals surface area (Å²) in [6.45, 7) is 18.5. The maximum absolute atomic E-state index is 12.4. The number of fused-ring (bicyclic) bond motifs is 5. The van der Waals surface area contributed by atoms with E-state index in [1.54, 1.807) is 0 Å². The summed E-state index contributed by atoms with van der Waals surface area (Å²) < 4.78 is 54.1. The largest absolute Gasteiger partial charge is 0.481 e. The van der Waals surface area contributed by atoms with Crippen molar-refractivity contribution in [3.05, 3.63) is 36.5 Å². The number of piperidine rings is 1. The van der Waals surface area contributed by atoms with Gasteiger partial charge in [0.25, 0.3) is 0 Å². The molecule has 0 aromatic heterocycles. The molecular formula is C47H71NO12. The second kappa shape index (κ2) is 16.0. The molecule has 60 heavy (non-hydrogen) atoms. The molecule has 0 saturated carbocycles. The number of carbonyl (C=O) groups is 1. The van der Waals surface area contributed by atoms with Gasteiger partial charge < -0.3 is 53.2 Å². The van der Waals surface area contributed by atoms with Crippen LogP contribution in [0.3, 0.4) is 0 Å². The molecule has 8 saturated heterocycles. The number of allylic oxidation sites excluding steroid dienone is 1. The van der Waals surface area contributed by atoms with E-state index in [1.165, 1.54) is 0 Å². The van der Waals surface area contributed by atoms with Crippen LogP contribution in [0.2, 0.25) is 0 Å². The van der Waals surface area contributed by atoms with Crippen LogP contribution in [-0.2, 0) is 42.7 Å². The number of carboxylic acids is 1. The zero-order valence-electron chi connectivity index (χ0n) is 36.6. The van der Waals surface area contributed by atoms with Crippen LogP contribution in [0.4, 0.5) is 0 Å². The van der Waals surface area contributed by atoms with Crippen LogP contribution in [0.5, 0.6) is 0 Å². The normalized spacial score (nSPS) is 52.9. The third-order valence-electron chi connectivity index (χ3n) is 15.9. The number of rotatable bonds is 9. The molecule has 0 unspecified atom stereocenters. The molecule has 9 rings (SSSR count). The predicted octanol–water partition coefficient (Wildman–Crippen LogP) is 6.26. The van der Waals surface area contributed by atoms with Crippen molar-refractivity contribution in [2.45, 2.75) is 209 Å². The molecule has 0 aromatic carbocycles. The van der Waals surface area contributed by atoms with Gasteiger partial charge in [0, 0.05) is 63.3 Å². The Hall–Kier alpha value is -1.75. The highest BCUT2D eigenvalue weighted by molar-refractivity contribution is 5.66. The van der Waals surface area contributed by atoms with Crippen LogP contribution < -0.4 is 5.32 Å². The van der Waals surface area contributed by atoms with Crippen molar-refractivity contribution in [1.82, 2.24) is 5.32 Å². The third-order valence-corrected chi connectivity index (χ3v) is 15.9. The van der Waals surface area contributed by atoms with E-state index in [9.17, 15) is 15.0 Å². The number of hydrogen-bond acceptors (Lipinski definition) is 12. The van der Waals surface area contributed by atoms with Crippen molar-refractivity contribution >= 4 is 5.97 Å². The first-order chi connectivity index (χ1) is 28.4. The Kier molecular flexibility index (Phi) is 11.6. The van der Waals surface area contributed by atoms with Crippen molar-refractivity contribution in [2.24, 2.45) is 35.5 Å². The Morgan fingerprint density at radius 1 is 0.867 bits per heavy atom. The van der Waals surface area contributed by atoms with Crippen molar-refractivity contribution < 1.29 is 58.0 Å². The van der Waals surface area contributed by atoms with Crippen molar-refractivity contribution in [3.63, 3.8) is 0 Å². The van der Waals surface area contributed by atoms with Crippen LogP contribution >= 0.6 is 0 Å². The fourth-order valence-corrected chi connectivity index (χ4v) is 12.8. The van der Waals surface area contributed by atoms with Gasteiger partial charge >= 0.3 is 5.97 Å². The summed E-state index contributed by atoms with van der Waals surface area (Å²) in [5.74, 6) is -4.41. The minimum Gasteiger partial charge on any atom is -0.481 e. The minimum absolute atomic E-state index is 0.0210. The number of aliphatic carboxylic acids is 1. The van der Waals surface area contributed by atoms with E-state index in [4.69, 9.17) is 43.0 Å². The number of carboxylic acid groups (broad SMARTS) is 1. The van der Waals surface area contributed by atoms with Gasteiger partial charge in [-0.2, -0.15) is 0 Å². The molecule has 3 spiro atoms. The van der Waals surface area contributed by atoms with Crippen molar-refractivity contribution in [3.8, 4) is 0 Å². The molecule has 336 valence electrons. The van der Waals surface area contributed by atoms with Gasteiger partial charge in [0.2, 0.25) is 0 Å². The highest BCUT2D eigenvalue weighted by Gasteiger charge is 2.64. The lowest BCUT2D eigenvalue weighted by atomic mass is 9.76. The molecule has 0 aliphatic carbocycles. The number of nitrogens with one attached hydrogen (secondary N) is 1. The summed E-state index contributed by atoms with van der Waals surface area (Å²) in [6.07, 6.45) is 12.2. The highest BCUT2D eigenvalue weighted by Crippen LogP contribution is 2.55. The zero-order chi connectivity index (χ0) is 42.4. The molecule has 0 radical (unpaired) electrons. The molecule has 9 heterocycles. The lowest BCUT2D eigenvalue weighted by Gasteiger charge is -2.53. The number of aliphatic hydroxyl groups excluding tert-OH is 1. The van der Waals surface area contributed by atoms with Gasteiger partial charge in [0.05, 0.1) is 42.7 Å². The van der Waals surface area contributed by atoms with Gasteiger partial charge in [-0.3, -0.25) is 10.1 Å². The fourth-order valence-electron chi connectivity index (χ4n) is 12.8. The van der Waals surface area contributed by atoms with Gasteiger partial charge in [-0.1, -0.05) is 66.3 Å². The summed E-state index contributed by atoms with van der Waals surface area (Å²) in [4.78, 5) is 11.0. The minimum atomic E-state index is -1.88. The Labute approximate surface area is 355 Å². The standard InChI is InChI=1S/C47H71NO12/c1-26-18-36-41-38(24-45(58-41)30(5)17-27(2)25-48-45)56-44(22-26,55-36)23-29(4)40-28(3)19-32(7)47(52,59-40)42(51)37-21-35-34(53-37)20-31(6)46(57-35)16-15-43(60-46)14-10-12-33(54-43)11-8-9-13-39(49)50/h8,10-11,14,26-28,30-38,40-42,48,51-52H,4,9,12-13,15-25H2,1-3,5-7H3,(H,49,50)/b11-8+/t26-,27+,28+,30-,31+,32-,33-,34+,35+,36+,37-,38+,40+,41+,42-,43+,44-,45-,46-,47-/m1/s1. The number of aliphatic hydroxyl groups is 2. The van der Waals surface area contributed by atoms with Crippen molar-refractivity contribution in [2.75, 3.05) is 6.54 Å². The smallest absolute Gasteiger partial charge is 0.303 e. The summed E-state index contributed by atoms with van der Waals surface area (Å²) in [5, 5.41) is 37.3. The van der Waals surface area contributed by atoms with E-state index >= 15 is 0 Å². The van der Waals surface area contributed by atoms with E-state index < -0.39 is 53.2 Å². The first-order valence-corrected chi connectivity index (χ1v) is 23.3. The molecule has 13 heteroatoms. The van der Waals surface area contributed by atoms with Gasteiger partial charge in [-0.15, -0.1) is 0 Å². The van der Waals surface area contributed by atoms with E-state index in [2.05, 4.69) is 52.6 Å². The average molecular weight is 842 g/mol. The molecule has 8 fully saturated rings. The van der Waals surface area contributed by atoms with E-state index in [0.29, 0.717) is 69.1 Å². The Morgan fingerprint density at radius 2 is 1.67 bits per heavy atom. The Bertz CT molecular complexity index is 1690. The Balaban J connectivity index is 0.846. The van der Waals surface area contributed by atoms with E-state index in [-0.39, 0.29) is 60.8 Å². The van der Waals surface area contributed by atoms with Crippen molar-refractivity contribution in [1.29, 1.82) is 0 Å². The maximum atomic E-state index is 12.4. The molecule has 20 atom stereocenters. The molecule has 2 bridgehead atoms. The summed E-state index contributed by atoms with van der Waals surface area (Å²) >= 11 is 0. The molecule has 9 aliphatic heterocycles. The van der Waals surface area contributed by atoms with Crippen LogP contribution in [0.1, 0.15) is 125 Å². The summed E-state index contributed by atoms with van der Waals surface area (Å²) in [5.41, 5.74) is 0.390. The number of ether oxygens (including phenoxy) is 8. The molecule has 0 aromatic rings. The van der Waals surface area contributed by atoms with Gasteiger partial charge in [-0.05, 0) is 73.8 Å². The Morgan fingerprint density at radius 3 is 2.45 bits per heavy atom. The molecule has 9 aliphatic rings. The summed E-state index contributed by atoms with van der Waals surface area (Å²) in [6, 6.07) is 0. The third kappa shape index (κ3) is 7.81. The summed E-state index contributed by atoms with van der Waals surface area (Å²) in [7, 11) is 0. The SMILES string of the molecule is C=C(C[C@]12C[C@H](C)C[C@H](O1)[C@@H]1O[C@@]3(C[C@@H]1O2)NC[C@@H](C)C[C@H]3C)[C@H]1O[C@@](O)([C@H](O)[C@H]2C[C@@H]3O[C@@]4(CC[C@]5(C=CC[C@@H](/C=C/CCC(=O)O)O5)O4)[C@@H](C)C[C@@H]3O2)[C@H](C)C[C@@H]1C. The topological polar surface area (TPSA) is 164 Å². The second-order valence-electron chi connectivity index (χ2n) is 20.9. The number of hydrogen-bond donors (Lipinski definition) is 4. The second-order valence-corrected chi connectivity index (χ2v) is 20.9. The molecular weight excluding hydrogens is 771 g/mol. The molecule has 4 N–H and O–H groups in total. The lowest BCUT2D eigenvalue weighted by Crippen LogP contribution is -2.62. The van der Waals surface area contributed by atoms with Gasteiger partial charge in [-0.25, -0.2) is 0 Å². The lowest BCUT2D eigenvalue weighted by molar-refractivity contribution is -0.367. The average Bonchev–Trinajstić information content (AvgIpc) is 3.87. The monoisotopic (exact) mass is 841 g/mol. The van der Waals surface area contributed by atoms with E-state index in [1.807, 2.05) is 25.2 Å². The van der Waals surface area contributed by atoms with Crippen LogP contribution in [0.25, 0.3) is 0 Å². The zero-order valence-corrected chi connectivity index (χ0v) is 36.6.